The molecular formula is C27H28FN5OS. The number of hydrogen-bond acceptors (Lipinski definition) is 7. The number of halogens is 1. The summed E-state index contributed by atoms with van der Waals surface area (Å²) in [5, 5.41) is 6.81. The van der Waals surface area contributed by atoms with E-state index in [0.717, 1.165) is 66.3 Å². The number of pyridine rings is 3. The van der Waals surface area contributed by atoms with Crippen LogP contribution in [-0.4, -0.2) is 37.7 Å². The third-order valence-corrected chi connectivity index (χ3v) is 8.50. The molecule has 0 amide bonds. The van der Waals surface area contributed by atoms with Gasteiger partial charge in [-0.3, -0.25) is 15.0 Å². The van der Waals surface area contributed by atoms with E-state index in [2.05, 4.69) is 25.6 Å². The number of nitrogens with one attached hydrogen (secondary N) is 1. The maximum Gasteiger partial charge on any atom is 0.146 e. The quantitative estimate of drug-likeness (QED) is 0.375. The van der Waals surface area contributed by atoms with Gasteiger partial charge in [-0.25, -0.2) is 9.37 Å². The molecule has 7 rings (SSSR count). The molecule has 8 heteroatoms. The SMILES string of the molecule is Cc1ccc2ncc(F)c(CCC34CCC(NCc5csc(-c6ccccn6)n5)(CC3)CO4)c2n1. The summed E-state index contributed by atoms with van der Waals surface area (Å²) in [7, 11) is 0. The molecule has 0 aromatic carbocycles. The summed E-state index contributed by atoms with van der Waals surface area (Å²) < 4.78 is 21.2. The molecule has 0 atom stereocenters. The van der Waals surface area contributed by atoms with Crippen LogP contribution in [0.1, 0.15) is 49.1 Å². The predicted molar refractivity (Wildman–Crippen MR) is 135 cm³/mol. The van der Waals surface area contributed by atoms with Crippen LogP contribution < -0.4 is 5.32 Å². The van der Waals surface area contributed by atoms with Crippen LogP contribution in [0.2, 0.25) is 0 Å². The van der Waals surface area contributed by atoms with E-state index in [9.17, 15) is 4.39 Å². The molecule has 4 aromatic rings. The lowest BCUT2D eigenvalue weighted by Gasteiger charge is -2.53. The average molecular weight is 490 g/mol. The van der Waals surface area contributed by atoms with Crippen LogP contribution in [0.4, 0.5) is 4.39 Å². The zero-order chi connectivity index (χ0) is 23.9. The first-order valence-electron chi connectivity index (χ1n) is 12.2. The van der Waals surface area contributed by atoms with E-state index in [-0.39, 0.29) is 17.0 Å². The van der Waals surface area contributed by atoms with E-state index in [1.54, 1.807) is 17.5 Å². The first-order chi connectivity index (χ1) is 17.0. The van der Waals surface area contributed by atoms with Crippen molar-refractivity contribution in [2.45, 2.75) is 63.1 Å². The second kappa shape index (κ2) is 9.00. The maximum atomic E-state index is 14.7. The molecule has 180 valence electrons. The van der Waals surface area contributed by atoms with E-state index in [1.807, 2.05) is 37.3 Å². The highest BCUT2D eigenvalue weighted by Crippen LogP contribution is 2.46. The highest BCUT2D eigenvalue weighted by Gasteiger charge is 2.49. The summed E-state index contributed by atoms with van der Waals surface area (Å²) in [6, 6.07) is 9.72. The van der Waals surface area contributed by atoms with Gasteiger partial charge in [0.05, 0.1) is 40.8 Å². The van der Waals surface area contributed by atoms with Gasteiger partial charge in [0.25, 0.3) is 0 Å². The number of rotatable bonds is 7. The van der Waals surface area contributed by atoms with Gasteiger partial charge in [-0.05, 0) is 69.7 Å². The molecule has 3 aliphatic rings. The molecule has 0 unspecified atom stereocenters. The summed E-state index contributed by atoms with van der Waals surface area (Å²) in [6.45, 7) is 3.33. The Hall–Kier alpha value is -2.81. The number of thiazole rings is 1. The molecule has 6 heterocycles. The molecule has 0 radical (unpaired) electrons. The smallest absolute Gasteiger partial charge is 0.146 e. The van der Waals surface area contributed by atoms with Crippen molar-refractivity contribution < 1.29 is 9.13 Å². The second-order valence-corrected chi connectivity index (χ2v) is 10.7. The number of aryl methyl sites for hydroxylation is 2. The standard InChI is InChI=1S/C27H28FN5OS/c1-18-5-6-22-24(32-18)20(21(28)15-30-22)7-8-27-11-9-26(10-12-27,17-34-27)31-14-19-16-35-25(33-19)23-4-2-3-13-29-23/h2-6,13,15-16,31H,7-12,14,17H2,1H3. The van der Waals surface area contributed by atoms with Gasteiger partial charge < -0.3 is 10.1 Å². The summed E-state index contributed by atoms with van der Waals surface area (Å²) in [5.41, 5.74) is 4.71. The van der Waals surface area contributed by atoms with Crippen molar-refractivity contribution in [2.75, 3.05) is 6.61 Å². The Balaban J connectivity index is 1.09. The number of nitrogens with zero attached hydrogens (tertiary/aromatic N) is 4. The van der Waals surface area contributed by atoms with Gasteiger partial charge in [-0.2, -0.15) is 0 Å². The topological polar surface area (TPSA) is 72.8 Å². The Bertz CT molecular complexity index is 1330. The molecule has 35 heavy (non-hydrogen) atoms. The van der Waals surface area contributed by atoms with Crippen molar-refractivity contribution in [1.29, 1.82) is 0 Å². The van der Waals surface area contributed by atoms with Crippen molar-refractivity contribution >= 4 is 22.4 Å². The van der Waals surface area contributed by atoms with Gasteiger partial charge >= 0.3 is 0 Å². The van der Waals surface area contributed by atoms with Crippen molar-refractivity contribution in [3.8, 4) is 10.7 Å². The maximum absolute atomic E-state index is 14.7. The Morgan fingerprint density at radius 1 is 1.09 bits per heavy atom. The van der Waals surface area contributed by atoms with Gasteiger partial charge in [0.1, 0.15) is 10.8 Å². The minimum Gasteiger partial charge on any atom is -0.373 e. The zero-order valence-electron chi connectivity index (χ0n) is 19.8. The molecule has 0 spiro atoms. The summed E-state index contributed by atoms with van der Waals surface area (Å²) >= 11 is 1.63. The van der Waals surface area contributed by atoms with Crippen molar-refractivity contribution in [2.24, 2.45) is 0 Å². The molecule has 6 nitrogen and oxygen atoms in total. The fourth-order valence-electron chi connectivity index (χ4n) is 5.37. The van der Waals surface area contributed by atoms with Gasteiger partial charge in [0, 0.05) is 34.9 Å². The minimum atomic E-state index is -0.275. The van der Waals surface area contributed by atoms with Crippen LogP contribution in [0.3, 0.4) is 0 Å². The van der Waals surface area contributed by atoms with Crippen LogP contribution in [0.25, 0.3) is 21.7 Å². The van der Waals surface area contributed by atoms with Gasteiger partial charge in [-0.15, -0.1) is 11.3 Å². The van der Waals surface area contributed by atoms with E-state index >= 15 is 0 Å². The van der Waals surface area contributed by atoms with Crippen LogP contribution in [0, 0.1) is 12.7 Å². The lowest BCUT2D eigenvalue weighted by molar-refractivity contribution is -0.165. The monoisotopic (exact) mass is 489 g/mol. The highest BCUT2D eigenvalue weighted by atomic mass is 32.1. The number of aromatic nitrogens is 4. The lowest BCUT2D eigenvalue weighted by Crippen LogP contribution is -2.61. The van der Waals surface area contributed by atoms with Crippen LogP contribution in [0.5, 0.6) is 0 Å². The van der Waals surface area contributed by atoms with Gasteiger partial charge in [-0.1, -0.05) is 6.07 Å². The molecular weight excluding hydrogens is 461 g/mol. The highest BCUT2D eigenvalue weighted by molar-refractivity contribution is 7.13. The van der Waals surface area contributed by atoms with Crippen LogP contribution in [-0.2, 0) is 17.7 Å². The Morgan fingerprint density at radius 3 is 2.74 bits per heavy atom. The van der Waals surface area contributed by atoms with E-state index < -0.39 is 0 Å². The molecule has 1 aliphatic carbocycles. The molecule has 3 fully saturated rings. The Labute approximate surface area is 208 Å². The zero-order valence-corrected chi connectivity index (χ0v) is 20.6. The predicted octanol–water partition coefficient (Wildman–Crippen LogP) is 5.40. The van der Waals surface area contributed by atoms with Crippen molar-refractivity contribution in [3.05, 3.63) is 70.9 Å². The molecule has 2 bridgehead atoms. The third-order valence-electron chi connectivity index (χ3n) is 7.59. The fourth-order valence-corrected chi connectivity index (χ4v) is 6.17. The first-order valence-corrected chi connectivity index (χ1v) is 13.1. The fraction of sp³-hybridized carbons (Fsp3) is 0.407. The van der Waals surface area contributed by atoms with E-state index in [0.29, 0.717) is 24.1 Å². The molecule has 1 saturated carbocycles. The van der Waals surface area contributed by atoms with Gasteiger partial charge in [0.15, 0.2) is 0 Å². The Kier molecular flexibility index (Phi) is 5.82. The van der Waals surface area contributed by atoms with Crippen molar-refractivity contribution in [3.63, 3.8) is 0 Å². The molecule has 1 N–H and O–H groups in total. The van der Waals surface area contributed by atoms with E-state index in [1.165, 1.54) is 6.20 Å². The second-order valence-electron chi connectivity index (χ2n) is 9.87. The lowest BCUT2D eigenvalue weighted by atomic mass is 9.69. The van der Waals surface area contributed by atoms with Gasteiger partial charge in [0.2, 0.25) is 0 Å². The normalized spacial score (nSPS) is 23.7. The molecule has 4 aromatic heterocycles. The molecule has 2 saturated heterocycles. The van der Waals surface area contributed by atoms with Crippen LogP contribution in [0.15, 0.2) is 48.1 Å². The van der Waals surface area contributed by atoms with Crippen molar-refractivity contribution in [1.82, 2.24) is 25.3 Å². The third kappa shape index (κ3) is 4.46. The first kappa shape index (κ1) is 22.6. The molecule has 2 aliphatic heterocycles. The summed E-state index contributed by atoms with van der Waals surface area (Å²) in [4.78, 5) is 18.0. The largest absolute Gasteiger partial charge is 0.373 e. The minimum absolute atomic E-state index is 0.0101. The number of hydrogen-bond donors (Lipinski definition) is 1. The summed E-state index contributed by atoms with van der Waals surface area (Å²) in [5.74, 6) is -0.275. The average Bonchev–Trinajstić information content (AvgIpc) is 3.38. The number of ether oxygens (including phenoxy) is 1. The van der Waals surface area contributed by atoms with E-state index in [4.69, 9.17) is 9.72 Å². The van der Waals surface area contributed by atoms with Crippen LogP contribution >= 0.6 is 11.3 Å². The number of fused-ring (bicyclic) bond motifs is 4. The summed E-state index contributed by atoms with van der Waals surface area (Å²) in [6.07, 6.45) is 8.60. The Morgan fingerprint density at radius 2 is 1.97 bits per heavy atom.